The van der Waals surface area contributed by atoms with Crippen molar-refractivity contribution in [2.75, 3.05) is 31.6 Å². The Hall–Kier alpha value is -5.70. The first-order valence-corrected chi connectivity index (χ1v) is 17.1. The summed E-state index contributed by atoms with van der Waals surface area (Å²) in [5, 5.41) is 3.29. The van der Waals surface area contributed by atoms with Crippen molar-refractivity contribution in [2.24, 2.45) is 0 Å². The molecular weight excluding hydrogens is 671 g/mol. The van der Waals surface area contributed by atoms with Crippen molar-refractivity contribution in [1.29, 1.82) is 0 Å². The van der Waals surface area contributed by atoms with Gasteiger partial charge in [0.25, 0.3) is 23.6 Å². The lowest BCUT2D eigenvalue weighted by Gasteiger charge is -2.46. The summed E-state index contributed by atoms with van der Waals surface area (Å²) in [6, 6.07) is 33.3. The zero-order valence-electron chi connectivity index (χ0n) is 26.4. The number of halogens is 2. The lowest BCUT2D eigenvalue weighted by Crippen LogP contribution is -2.47. The van der Waals surface area contributed by atoms with E-state index in [-0.39, 0.29) is 29.0 Å². The van der Waals surface area contributed by atoms with Crippen molar-refractivity contribution in [3.63, 3.8) is 0 Å². The molecule has 10 rings (SSSR count). The minimum absolute atomic E-state index is 0.194. The van der Waals surface area contributed by atoms with Crippen molar-refractivity contribution in [3.8, 4) is 0 Å². The SMILES string of the molecule is ClCCl.O=C1c2cccc3c4c(cc(c23)C(=O)N1c1ccccc1)CN1CN4Cc2cc3c4c(cccc4c21)C(=O)N(c1ccccc1)C3=O. The van der Waals surface area contributed by atoms with Gasteiger partial charge in [0, 0.05) is 56.9 Å². The maximum Gasteiger partial charge on any atom is 0.265 e. The van der Waals surface area contributed by atoms with Gasteiger partial charge in [-0.3, -0.25) is 19.2 Å². The molecule has 0 radical (unpaired) electrons. The van der Waals surface area contributed by atoms with E-state index in [1.807, 2.05) is 72.8 Å². The molecule has 50 heavy (non-hydrogen) atoms. The number of fused-ring (bicyclic) bond motifs is 8. The van der Waals surface area contributed by atoms with E-state index < -0.39 is 0 Å². The van der Waals surface area contributed by atoms with Gasteiger partial charge < -0.3 is 9.80 Å². The van der Waals surface area contributed by atoms with Crippen LogP contribution in [0.5, 0.6) is 0 Å². The fourth-order valence-corrected chi connectivity index (χ4v) is 8.04. The first-order valence-electron chi connectivity index (χ1n) is 16.1. The molecule has 244 valence electrons. The van der Waals surface area contributed by atoms with E-state index in [2.05, 4.69) is 9.80 Å². The number of hydrogen-bond acceptors (Lipinski definition) is 6. The summed E-state index contributed by atoms with van der Waals surface area (Å²) in [7, 11) is 0. The van der Waals surface area contributed by atoms with Crippen LogP contribution in [-0.4, -0.2) is 35.6 Å². The van der Waals surface area contributed by atoms with Crippen molar-refractivity contribution in [2.45, 2.75) is 13.1 Å². The zero-order chi connectivity index (χ0) is 34.3. The van der Waals surface area contributed by atoms with E-state index in [9.17, 15) is 19.2 Å². The van der Waals surface area contributed by atoms with Crippen LogP contribution in [0.1, 0.15) is 52.6 Å². The van der Waals surface area contributed by atoms with E-state index >= 15 is 0 Å². The van der Waals surface area contributed by atoms with Gasteiger partial charge in [-0.1, -0.05) is 60.7 Å². The van der Waals surface area contributed by atoms with E-state index in [4.69, 9.17) is 23.2 Å². The number of carbonyl (C=O) groups excluding carboxylic acids is 4. The number of imide groups is 2. The Balaban J connectivity index is 0.00000109. The van der Waals surface area contributed by atoms with Gasteiger partial charge in [-0.05, 0) is 59.7 Å². The average molecular weight is 698 g/mol. The Morgan fingerprint density at radius 3 is 1.26 bits per heavy atom. The van der Waals surface area contributed by atoms with Crippen molar-refractivity contribution in [3.05, 3.63) is 143 Å². The van der Waals surface area contributed by atoms with Crippen LogP contribution in [0.25, 0.3) is 21.5 Å². The standard InChI is InChI=1S/C39H24N4O4.CH2Cl2/c44-36-28-15-7-13-26-32(28)30(38(46)42(36)24-9-3-1-4-10-24)17-22-19-40-21-41(34(22)26)20-23-18-31-33-27(35(23)40)14-8-16-29(33)37(45)43(39(31)47)25-11-5-2-6-12-25;2-1-3/h1-18H,19-21H2;1H2. The molecule has 4 aliphatic heterocycles. The van der Waals surface area contributed by atoms with Crippen LogP contribution in [0.15, 0.2) is 109 Å². The summed E-state index contributed by atoms with van der Waals surface area (Å²) < 4.78 is 0. The minimum Gasteiger partial charge on any atom is -0.349 e. The largest absolute Gasteiger partial charge is 0.349 e. The summed E-state index contributed by atoms with van der Waals surface area (Å²) in [4.78, 5) is 62.7. The number of amides is 4. The van der Waals surface area contributed by atoms with Crippen LogP contribution in [0.2, 0.25) is 0 Å². The fourth-order valence-electron chi connectivity index (χ4n) is 8.04. The van der Waals surface area contributed by atoms with Crippen molar-refractivity contribution < 1.29 is 19.2 Å². The van der Waals surface area contributed by atoms with Crippen molar-refractivity contribution >= 4 is 91.1 Å². The molecule has 2 bridgehead atoms. The van der Waals surface area contributed by atoms with Crippen LogP contribution in [0, 0.1) is 0 Å². The Morgan fingerprint density at radius 1 is 0.480 bits per heavy atom. The zero-order valence-corrected chi connectivity index (χ0v) is 27.9. The lowest BCUT2D eigenvalue weighted by molar-refractivity contribution is 0.0877. The van der Waals surface area contributed by atoms with Crippen LogP contribution in [-0.2, 0) is 13.1 Å². The molecule has 0 fully saturated rings. The molecule has 4 aliphatic rings. The third kappa shape index (κ3) is 4.25. The van der Waals surface area contributed by atoms with E-state index in [0.717, 1.165) is 33.3 Å². The number of benzene rings is 6. The van der Waals surface area contributed by atoms with Crippen molar-refractivity contribution in [1.82, 2.24) is 0 Å². The summed E-state index contributed by atoms with van der Waals surface area (Å²) >= 11 is 9.53. The molecule has 0 saturated heterocycles. The van der Waals surface area contributed by atoms with Gasteiger partial charge in [-0.25, -0.2) is 9.80 Å². The Kier molecular flexibility index (Phi) is 6.95. The van der Waals surface area contributed by atoms with Crippen LogP contribution < -0.4 is 19.6 Å². The maximum atomic E-state index is 14.0. The molecular formula is C40H26Cl2N4O4. The highest BCUT2D eigenvalue weighted by Gasteiger charge is 2.41. The predicted octanol–water partition coefficient (Wildman–Crippen LogP) is 8.31. The Morgan fingerprint density at radius 2 is 0.860 bits per heavy atom. The molecule has 6 aromatic rings. The Bertz CT molecular complexity index is 2300. The lowest BCUT2D eigenvalue weighted by atomic mass is 9.86. The number of rotatable bonds is 2. The second-order valence-electron chi connectivity index (χ2n) is 12.5. The first-order chi connectivity index (χ1) is 24.4. The second-order valence-corrected chi connectivity index (χ2v) is 13.3. The van der Waals surface area contributed by atoms with Gasteiger partial charge in [-0.2, -0.15) is 0 Å². The van der Waals surface area contributed by atoms with Gasteiger partial charge in [0.1, 0.15) is 0 Å². The third-order valence-corrected chi connectivity index (χ3v) is 9.88. The highest BCUT2D eigenvalue weighted by Crippen LogP contribution is 2.48. The van der Waals surface area contributed by atoms with Crippen LogP contribution in [0.4, 0.5) is 22.7 Å². The van der Waals surface area contributed by atoms with Crippen LogP contribution >= 0.6 is 23.2 Å². The summed E-state index contributed by atoms with van der Waals surface area (Å²) in [6.45, 7) is 1.64. The normalized spacial score (nSPS) is 15.6. The molecule has 4 amide bonds. The van der Waals surface area contributed by atoms with Gasteiger partial charge >= 0.3 is 0 Å². The third-order valence-electron chi connectivity index (χ3n) is 9.88. The molecule has 0 aromatic heterocycles. The molecule has 4 heterocycles. The first kappa shape index (κ1) is 30.4. The fraction of sp³-hybridized carbons (Fsp3) is 0.100. The van der Waals surface area contributed by atoms with Crippen LogP contribution in [0.3, 0.4) is 0 Å². The number of carbonyl (C=O) groups is 4. The minimum atomic E-state index is -0.337. The molecule has 10 heteroatoms. The maximum absolute atomic E-state index is 14.0. The quantitative estimate of drug-likeness (QED) is 0.134. The van der Waals surface area contributed by atoms with Gasteiger partial charge in [-0.15, -0.1) is 23.2 Å². The monoisotopic (exact) mass is 696 g/mol. The molecule has 0 spiro atoms. The Labute approximate surface area is 296 Å². The van der Waals surface area contributed by atoms with E-state index in [1.165, 1.54) is 9.80 Å². The van der Waals surface area contributed by atoms with Gasteiger partial charge in [0.2, 0.25) is 0 Å². The number of para-hydroxylation sites is 2. The highest BCUT2D eigenvalue weighted by atomic mass is 35.5. The molecule has 0 unspecified atom stereocenters. The van der Waals surface area contributed by atoms with Gasteiger partial charge in [0.05, 0.1) is 34.8 Å². The van der Waals surface area contributed by atoms with E-state index in [1.54, 1.807) is 36.4 Å². The average Bonchev–Trinajstić information content (AvgIpc) is 3.13. The molecule has 0 aliphatic carbocycles. The van der Waals surface area contributed by atoms with Gasteiger partial charge in [0.15, 0.2) is 0 Å². The molecule has 0 saturated carbocycles. The number of anilines is 4. The summed E-state index contributed by atoms with van der Waals surface area (Å²) in [5.41, 5.74) is 7.06. The summed E-state index contributed by atoms with van der Waals surface area (Å²) in [5.74, 6) is -1.34. The second kappa shape index (κ2) is 11.4. The smallest absolute Gasteiger partial charge is 0.265 e. The number of hydrogen-bond donors (Lipinski definition) is 0. The molecule has 8 nitrogen and oxygen atoms in total. The predicted molar refractivity (Wildman–Crippen MR) is 197 cm³/mol. The molecule has 0 atom stereocenters. The molecule has 6 aromatic carbocycles. The summed E-state index contributed by atoms with van der Waals surface area (Å²) in [6.07, 6.45) is 0. The topological polar surface area (TPSA) is 81.2 Å². The highest BCUT2D eigenvalue weighted by molar-refractivity contribution is 6.40. The number of alkyl halides is 2. The molecule has 0 N–H and O–H groups in total. The van der Waals surface area contributed by atoms with E-state index in [0.29, 0.717) is 64.2 Å². The number of nitrogens with zero attached hydrogens (tertiary/aromatic N) is 4.